The molecule has 0 amide bonds. The lowest BCUT2D eigenvalue weighted by atomic mass is 10.2. The molecule has 0 saturated carbocycles. The van der Waals surface area contributed by atoms with E-state index < -0.39 is 5.97 Å². The topological polar surface area (TPSA) is 81.2 Å². The molecule has 0 aliphatic carbocycles. The molecule has 14 heavy (non-hydrogen) atoms. The fourth-order valence-corrected chi connectivity index (χ4v) is 1.18. The minimum atomic E-state index is -1.08. The van der Waals surface area contributed by atoms with Crippen molar-refractivity contribution in [2.75, 3.05) is 0 Å². The van der Waals surface area contributed by atoms with Gasteiger partial charge in [0.2, 0.25) is 0 Å². The highest BCUT2D eigenvalue weighted by atomic mass is 16.4. The molecule has 1 N–H and O–H groups in total. The molecule has 0 fully saturated rings. The molecule has 0 saturated heterocycles. The predicted octanol–water partition coefficient (Wildman–Crippen LogP) is 0.773. The summed E-state index contributed by atoms with van der Waals surface area (Å²) in [6.45, 7) is 0. The van der Waals surface area contributed by atoms with Crippen LogP contribution in [0.4, 0.5) is 0 Å². The quantitative estimate of drug-likeness (QED) is 0.761. The molecule has 2 rings (SSSR count). The normalized spacial score (nSPS) is 10.4. The Morgan fingerprint density at radius 2 is 2.43 bits per heavy atom. The van der Waals surface area contributed by atoms with Crippen molar-refractivity contribution in [3.05, 3.63) is 24.1 Å². The van der Waals surface area contributed by atoms with Gasteiger partial charge in [-0.25, -0.2) is 9.48 Å². The molecule has 0 aliphatic heterocycles. The fourth-order valence-electron chi connectivity index (χ4n) is 1.18. The first kappa shape index (κ1) is 8.49. The Labute approximate surface area is 78.8 Å². The first-order valence-electron chi connectivity index (χ1n) is 3.87. The van der Waals surface area contributed by atoms with Crippen LogP contribution < -0.4 is 0 Å². The number of carboxylic acids is 1. The highest BCUT2D eigenvalue weighted by molar-refractivity contribution is 5.91. The third-order valence-electron chi connectivity index (χ3n) is 1.78. The second-order valence-corrected chi connectivity index (χ2v) is 2.69. The summed E-state index contributed by atoms with van der Waals surface area (Å²) in [7, 11) is 1.52. The number of aryl methyl sites for hydroxylation is 1. The van der Waals surface area contributed by atoms with E-state index in [1.54, 1.807) is 12.1 Å². The molecule has 0 spiro atoms. The molecular weight excluding hydrogens is 186 g/mol. The molecule has 0 unspecified atom stereocenters. The highest BCUT2D eigenvalue weighted by Gasteiger charge is 2.20. The van der Waals surface area contributed by atoms with Gasteiger partial charge in [0.25, 0.3) is 0 Å². The summed E-state index contributed by atoms with van der Waals surface area (Å²) in [5, 5.41) is 16.2. The molecule has 6 nitrogen and oxygen atoms in total. The van der Waals surface area contributed by atoms with Gasteiger partial charge in [-0.3, -0.25) is 0 Å². The molecule has 0 bridgehead atoms. The zero-order chi connectivity index (χ0) is 10.1. The molecule has 2 aromatic rings. The number of hydrogen-bond acceptors (Lipinski definition) is 4. The van der Waals surface area contributed by atoms with Gasteiger partial charge in [-0.1, -0.05) is 5.21 Å². The van der Waals surface area contributed by atoms with Gasteiger partial charge >= 0.3 is 5.97 Å². The smallest absolute Gasteiger partial charge is 0.356 e. The number of furan rings is 1. The zero-order valence-corrected chi connectivity index (χ0v) is 7.34. The van der Waals surface area contributed by atoms with Gasteiger partial charge in [-0.2, -0.15) is 0 Å². The van der Waals surface area contributed by atoms with E-state index in [1.807, 2.05) is 0 Å². The average molecular weight is 193 g/mol. The Kier molecular flexibility index (Phi) is 1.81. The molecule has 0 radical (unpaired) electrons. The summed E-state index contributed by atoms with van der Waals surface area (Å²) in [5.74, 6) is -0.681. The lowest BCUT2D eigenvalue weighted by molar-refractivity contribution is 0.0685. The third-order valence-corrected chi connectivity index (χ3v) is 1.78. The number of nitrogens with zero attached hydrogens (tertiary/aromatic N) is 3. The van der Waals surface area contributed by atoms with Gasteiger partial charge in [0, 0.05) is 7.05 Å². The standard InChI is InChI=1S/C8H7N3O3/c1-11-7(8(12)13)6(9-10-11)5-3-2-4-14-5/h2-4H,1H3,(H,12,13). The van der Waals surface area contributed by atoms with Crippen LogP contribution in [0.1, 0.15) is 10.5 Å². The van der Waals surface area contributed by atoms with Gasteiger partial charge in [-0.15, -0.1) is 5.10 Å². The molecule has 2 aromatic heterocycles. The zero-order valence-electron chi connectivity index (χ0n) is 7.34. The van der Waals surface area contributed by atoms with Gasteiger partial charge < -0.3 is 9.52 Å². The fraction of sp³-hybridized carbons (Fsp3) is 0.125. The van der Waals surface area contributed by atoms with Crippen molar-refractivity contribution >= 4 is 5.97 Å². The summed E-state index contributed by atoms with van der Waals surface area (Å²) in [5.41, 5.74) is 0.255. The van der Waals surface area contributed by atoms with Crippen LogP contribution >= 0.6 is 0 Å². The molecule has 0 aromatic carbocycles. The Morgan fingerprint density at radius 3 is 3.00 bits per heavy atom. The number of rotatable bonds is 2. The predicted molar refractivity (Wildman–Crippen MR) is 45.7 cm³/mol. The SMILES string of the molecule is Cn1nnc(-c2ccco2)c1C(=O)O. The first-order chi connectivity index (χ1) is 6.70. The van der Waals surface area contributed by atoms with Crippen molar-refractivity contribution in [2.45, 2.75) is 0 Å². The average Bonchev–Trinajstić information content (AvgIpc) is 2.70. The lowest BCUT2D eigenvalue weighted by Crippen LogP contribution is -2.06. The maximum absolute atomic E-state index is 10.9. The van der Waals surface area contributed by atoms with E-state index in [-0.39, 0.29) is 11.4 Å². The van der Waals surface area contributed by atoms with E-state index in [4.69, 9.17) is 9.52 Å². The minimum absolute atomic E-state index is 0.0138. The number of carbonyl (C=O) groups is 1. The molecule has 72 valence electrons. The summed E-state index contributed by atoms with van der Waals surface area (Å²) >= 11 is 0. The van der Waals surface area contributed by atoms with Gasteiger partial charge in [0.1, 0.15) is 0 Å². The Morgan fingerprint density at radius 1 is 1.64 bits per heavy atom. The van der Waals surface area contributed by atoms with Crippen LogP contribution in [0.3, 0.4) is 0 Å². The molecule has 0 atom stereocenters. The van der Waals surface area contributed by atoms with E-state index in [1.165, 1.54) is 18.0 Å². The van der Waals surface area contributed by atoms with Crippen molar-refractivity contribution in [2.24, 2.45) is 7.05 Å². The van der Waals surface area contributed by atoms with Crippen molar-refractivity contribution < 1.29 is 14.3 Å². The van der Waals surface area contributed by atoms with Crippen molar-refractivity contribution in [1.82, 2.24) is 15.0 Å². The Hall–Kier alpha value is -2.11. The minimum Gasteiger partial charge on any atom is -0.476 e. The number of aromatic carboxylic acids is 1. The monoisotopic (exact) mass is 193 g/mol. The van der Waals surface area contributed by atoms with Crippen molar-refractivity contribution in [1.29, 1.82) is 0 Å². The van der Waals surface area contributed by atoms with Crippen molar-refractivity contribution in [3.63, 3.8) is 0 Å². The second kappa shape index (κ2) is 2.99. The maximum Gasteiger partial charge on any atom is 0.356 e. The van der Waals surface area contributed by atoms with E-state index in [0.717, 1.165) is 0 Å². The van der Waals surface area contributed by atoms with Crippen LogP contribution in [0.2, 0.25) is 0 Å². The molecule has 0 aliphatic rings. The third kappa shape index (κ3) is 1.17. The van der Waals surface area contributed by atoms with Crippen LogP contribution in [-0.4, -0.2) is 26.1 Å². The Bertz CT molecular complexity index is 458. The Balaban J connectivity index is 2.60. The van der Waals surface area contributed by atoms with Gasteiger partial charge in [-0.05, 0) is 12.1 Å². The summed E-state index contributed by atoms with van der Waals surface area (Å²) in [6.07, 6.45) is 1.45. The van der Waals surface area contributed by atoms with E-state index >= 15 is 0 Å². The maximum atomic E-state index is 10.9. The van der Waals surface area contributed by atoms with Crippen LogP contribution in [0, 0.1) is 0 Å². The first-order valence-corrected chi connectivity index (χ1v) is 3.87. The second-order valence-electron chi connectivity index (χ2n) is 2.69. The molecular formula is C8H7N3O3. The highest BCUT2D eigenvalue weighted by Crippen LogP contribution is 2.20. The number of aromatic nitrogens is 3. The summed E-state index contributed by atoms with van der Waals surface area (Å²) in [4.78, 5) is 10.9. The summed E-state index contributed by atoms with van der Waals surface area (Å²) in [6, 6.07) is 3.30. The van der Waals surface area contributed by atoms with Gasteiger partial charge in [0.15, 0.2) is 17.1 Å². The molecule has 2 heterocycles. The van der Waals surface area contributed by atoms with Crippen LogP contribution in [0.5, 0.6) is 0 Å². The van der Waals surface area contributed by atoms with E-state index in [2.05, 4.69) is 10.3 Å². The van der Waals surface area contributed by atoms with Gasteiger partial charge in [0.05, 0.1) is 6.26 Å². The van der Waals surface area contributed by atoms with Crippen LogP contribution in [0.15, 0.2) is 22.8 Å². The summed E-state index contributed by atoms with van der Waals surface area (Å²) < 4.78 is 6.24. The lowest BCUT2D eigenvalue weighted by Gasteiger charge is -1.94. The largest absolute Gasteiger partial charge is 0.476 e. The van der Waals surface area contributed by atoms with Crippen LogP contribution in [0.25, 0.3) is 11.5 Å². The van der Waals surface area contributed by atoms with Crippen molar-refractivity contribution in [3.8, 4) is 11.5 Å². The van der Waals surface area contributed by atoms with E-state index in [0.29, 0.717) is 5.76 Å². The number of carboxylic acid groups (broad SMARTS) is 1. The number of hydrogen-bond donors (Lipinski definition) is 1. The van der Waals surface area contributed by atoms with E-state index in [9.17, 15) is 4.79 Å². The van der Waals surface area contributed by atoms with Crippen LogP contribution in [-0.2, 0) is 7.05 Å². The molecule has 6 heteroatoms.